The zero-order chi connectivity index (χ0) is 20.7. The maximum absolute atomic E-state index is 13.2. The number of phenols is 1. The average Bonchev–Trinajstić information content (AvgIpc) is 3.37. The number of hydrogen-bond donors (Lipinski definition) is 3. The monoisotopic (exact) mass is 407 g/mol. The van der Waals surface area contributed by atoms with Gasteiger partial charge in [0.1, 0.15) is 5.75 Å². The van der Waals surface area contributed by atoms with Gasteiger partial charge in [0.15, 0.2) is 5.82 Å². The minimum atomic E-state index is -0.179. The number of H-pyrrole nitrogens is 1. The van der Waals surface area contributed by atoms with Crippen molar-refractivity contribution in [3.05, 3.63) is 47.0 Å². The molecule has 0 atom stereocenters. The lowest BCUT2D eigenvalue weighted by molar-refractivity contribution is 0.0748. The van der Waals surface area contributed by atoms with E-state index in [1.807, 2.05) is 6.92 Å². The predicted molar refractivity (Wildman–Crippen MR) is 115 cm³/mol. The van der Waals surface area contributed by atoms with Gasteiger partial charge >= 0.3 is 0 Å². The van der Waals surface area contributed by atoms with E-state index in [0.29, 0.717) is 30.0 Å². The molecule has 5 rings (SSSR count). The summed E-state index contributed by atoms with van der Waals surface area (Å²) in [6, 6.07) is 9.69. The van der Waals surface area contributed by atoms with Gasteiger partial charge in [-0.25, -0.2) is 0 Å². The van der Waals surface area contributed by atoms with Gasteiger partial charge in [-0.15, -0.1) is 0 Å². The summed E-state index contributed by atoms with van der Waals surface area (Å²) in [6.45, 7) is 7.04. The molecule has 0 saturated carbocycles. The number of aromatic amines is 1. The van der Waals surface area contributed by atoms with Gasteiger partial charge in [-0.1, -0.05) is 6.07 Å². The van der Waals surface area contributed by atoms with Crippen LogP contribution in [0.25, 0.3) is 10.9 Å². The number of hydrogen-bond acceptors (Lipinski definition) is 6. The number of ether oxygens (including phenoxy) is 1. The fourth-order valence-electron chi connectivity index (χ4n) is 4.24. The van der Waals surface area contributed by atoms with E-state index in [9.17, 15) is 9.90 Å². The summed E-state index contributed by atoms with van der Waals surface area (Å²) >= 11 is 0. The van der Waals surface area contributed by atoms with Crippen molar-refractivity contribution in [2.75, 3.05) is 43.1 Å². The van der Waals surface area contributed by atoms with Crippen LogP contribution < -0.4 is 10.2 Å². The van der Waals surface area contributed by atoms with Gasteiger partial charge < -0.3 is 25.0 Å². The smallest absolute Gasteiger partial charge is 0.258 e. The number of nitrogens with zero attached hydrogens (tertiary/aromatic N) is 3. The molecule has 0 radical (unpaired) electrons. The first-order valence-electron chi connectivity index (χ1n) is 10.3. The van der Waals surface area contributed by atoms with Crippen molar-refractivity contribution in [2.45, 2.75) is 20.0 Å². The number of nitrogens with one attached hydrogen (secondary N) is 2. The molecular weight excluding hydrogens is 382 g/mol. The first-order valence-corrected chi connectivity index (χ1v) is 10.3. The number of carbonyl (C=O) groups excluding carboxylic acids is 1. The van der Waals surface area contributed by atoms with Crippen LogP contribution in [0.4, 0.5) is 11.5 Å². The molecule has 2 aliphatic rings. The Labute approximate surface area is 174 Å². The third kappa shape index (κ3) is 3.23. The second-order valence-electron chi connectivity index (χ2n) is 7.73. The average molecular weight is 407 g/mol. The van der Waals surface area contributed by atoms with Crippen molar-refractivity contribution in [1.29, 1.82) is 0 Å². The molecule has 1 amide bonds. The zero-order valence-electron chi connectivity index (χ0n) is 16.9. The van der Waals surface area contributed by atoms with Gasteiger partial charge in [-0.3, -0.25) is 9.89 Å². The first kappa shape index (κ1) is 18.7. The third-order valence-electron chi connectivity index (χ3n) is 5.83. The lowest BCUT2D eigenvalue weighted by Gasteiger charge is -2.29. The Balaban J connectivity index is 1.40. The molecule has 1 fully saturated rings. The fourth-order valence-corrected chi connectivity index (χ4v) is 4.24. The summed E-state index contributed by atoms with van der Waals surface area (Å²) < 4.78 is 5.44. The highest BCUT2D eigenvalue weighted by Crippen LogP contribution is 2.33. The minimum Gasteiger partial charge on any atom is -0.507 e. The van der Waals surface area contributed by atoms with Gasteiger partial charge in [-0.2, -0.15) is 5.10 Å². The Bertz CT molecular complexity index is 1100. The number of benzene rings is 2. The molecule has 1 aromatic heterocycles. The van der Waals surface area contributed by atoms with Crippen molar-refractivity contribution >= 4 is 28.3 Å². The van der Waals surface area contributed by atoms with Crippen LogP contribution in [0, 0.1) is 0 Å². The summed E-state index contributed by atoms with van der Waals surface area (Å²) in [5.74, 6) is 0.466. The highest BCUT2D eigenvalue weighted by molar-refractivity contribution is 6.03. The van der Waals surface area contributed by atoms with E-state index in [4.69, 9.17) is 4.74 Å². The number of aromatic hydroxyl groups is 1. The molecule has 0 unspecified atom stereocenters. The Kier molecular flexibility index (Phi) is 4.71. The molecule has 0 spiro atoms. The second kappa shape index (κ2) is 7.53. The topological polar surface area (TPSA) is 93.7 Å². The van der Waals surface area contributed by atoms with Crippen molar-refractivity contribution < 1.29 is 14.6 Å². The summed E-state index contributed by atoms with van der Waals surface area (Å²) in [5, 5.41) is 21.6. The number of morpholine rings is 1. The van der Waals surface area contributed by atoms with E-state index in [1.54, 1.807) is 17.0 Å². The molecule has 2 aromatic carbocycles. The summed E-state index contributed by atoms with van der Waals surface area (Å²) in [4.78, 5) is 17.3. The van der Waals surface area contributed by atoms with Gasteiger partial charge in [0.2, 0.25) is 0 Å². The van der Waals surface area contributed by atoms with Crippen molar-refractivity contribution in [1.82, 2.24) is 15.1 Å². The molecule has 0 bridgehead atoms. The van der Waals surface area contributed by atoms with E-state index in [1.165, 1.54) is 5.69 Å². The van der Waals surface area contributed by atoms with Crippen molar-refractivity contribution in [3.63, 3.8) is 0 Å². The number of rotatable bonds is 4. The van der Waals surface area contributed by atoms with Crippen molar-refractivity contribution in [3.8, 4) is 5.75 Å². The van der Waals surface area contributed by atoms with Crippen molar-refractivity contribution in [2.24, 2.45) is 0 Å². The maximum atomic E-state index is 13.2. The van der Waals surface area contributed by atoms with Gasteiger partial charge in [-0.05, 0) is 36.2 Å². The number of anilines is 2. The SMILES string of the molecule is CCNc1n[nH]c2cc(O)c(C(=O)N3Cc4ccc(N5CCOCC5)cc4C3)cc12. The molecule has 2 aliphatic heterocycles. The highest BCUT2D eigenvalue weighted by atomic mass is 16.5. The maximum Gasteiger partial charge on any atom is 0.258 e. The standard InChI is InChI=1S/C22H25N5O3/c1-2-23-21-17-10-18(20(28)11-19(17)24-25-21)22(29)27-12-14-3-4-16(9-15(14)13-27)26-5-7-30-8-6-26/h3-4,9-11,28H,2,5-8,12-13H2,1H3,(H2,23,24,25). The van der Waals surface area contributed by atoms with E-state index in [2.05, 4.69) is 38.6 Å². The van der Waals surface area contributed by atoms with Crippen LogP contribution in [0.5, 0.6) is 5.75 Å². The van der Waals surface area contributed by atoms with Crippen LogP contribution in [0.15, 0.2) is 30.3 Å². The normalized spacial score (nSPS) is 16.2. The molecule has 0 aliphatic carbocycles. The summed E-state index contributed by atoms with van der Waals surface area (Å²) in [7, 11) is 0. The number of carbonyl (C=O) groups is 1. The number of fused-ring (bicyclic) bond motifs is 2. The summed E-state index contributed by atoms with van der Waals surface area (Å²) in [6.07, 6.45) is 0. The second-order valence-corrected chi connectivity index (χ2v) is 7.73. The molecule has 1 saturated heterocycles. The Hall–Kier alpha value is -3.26. The van der Waals surface area contributed by atoms with E-state index < -0.39 is 0 Å². The van der Waals surface area contributed by atoms with Crippen LogP contribution in [0.1, 0.15) is 28.4 Å². The molecule has 8 nitrogen and oxygen atoms in total. The van der Waals surface area contributed by atoms with Crippen LogP contribution in [0.3, 0.4) is 0 Å². The van der Waals surface area contributed by atoms with E-state index >= 15 is 0 Å². The lowest BCUT2D eigenvalue weighted by atomic mass is 10.1. The molecule has 3 heterocycles. The van der Waals surface area contributed by atoms with Gasteiger partial charge in [0, 0.05) is 49.9 Å². The van der Waals surface area contributed by atoms with E-state index in [-0.39, 0.29) is 11.7 Å². The molecule has 8 heteroatoms. The zero-order valence-corrected chi connectivity index (χ0v) is 16.9. The number of aromatic nitrogens is 2. The number of amides is 1. The fraction of sp³-hybridized carbons (Fsp3) is 0.364. The molecular formula is C22H25N5O3. The lowest BCUT2D eigenvalue weighted by Crippen LogP contribution is -2.36. The predicted octanol–water partition coefficient (Wildman–Crippen LogP) is 2.69. The molecule has 3 aromatic rings. The molecule has 156 valence electrons. The Morgan fingerprint density at radius 2 is 2.00 bits per heavy atom. The van der Waals surface area contributed by atoms with Crippen LogP contribution in [-0.4, -0.2) is 59.0 Å². The third-order valence-corrected chi connectivity index (χ3v) is 5.83. The van der Waals surface area contributed by atoms with Crippen LogP contribution in [-0.2, 0) is 17.8 Å². The Morgan fingerprint density at radius 1 is 1.20 bits per heavy atom. The highest BCUT2D eigenvalue weighted by Gasteiger charge is 2.27. The minimum absolute atomic E-state index is 0.0378. The summed E-state index contributed by atoms with van der Waals surface area (Å²) in [5.41, 5.74) is 4.47. The molecule has 3 N–H and O–H groups in total. The van der Waals surface area contributed by atoms with E-state index in [0.717, 1.165) is 49.4 Å². The quantitative estimate of drug-likeness (QED) is 0.616. The van der Waals surface area contributed by atoms with Gasteiger partial charge in [0.05, 0.1) is 24.3 Å². The molecule has 30 heavy (non-hydrogen) atoms. The Morgan fingerprint density at radius 3 is 2.80 bits per heavy atom. The first-order chi connectivity index (χ1) is 14.6. The van der Waals surface area contributed by atoms with Crippen LogP contribution in [0.2, 0.25) is 0 Å². The van der Waals surface area contributed by atoms with Crippen LogP contribution >= 0.6 is 0 Å². The largest absolute Gasteiger partial charge is 0.507 e. The van der Waals surface area contributed by atoms with Gasteiger partial charge in [0.25, 0.3) is 5.91 Å². The number of phenolic OH excluding ortho intramolecular Hbond substituents is 1.